The van der Waals surface area contributed by atoms with E-state index < -0.39 is 0 Å². The van der Waals surface area contributed by atoms with Gasteiger partial charge in [0.2, 0.25) is 5.95 Å². The molecule has 146 valence electrons. The lowest BCUT2D eigenvalue weighted by Gasteiger charge is -2.34. The van der Waals surface area contributed by atoms with Gasteiger partial charge in [-0.2, -0.15) is 0 Å². The third-order valence-corrected chi connectivity index (χ3v) is 5.55. The summed E-state index contributed by atoms with van der Waals surface area (Å²) >= 11 is 0. The van der Waals surface area contributed by atoms with Gasteiger partial charge in [0, 0.05) is 32.7 Å². The van der Waals surface area contributed by atoms with Gasteiger partial charge in [-0.1, -0.05) is 54.6 Å². The van der Waals surface area contributed by atoms with E-state index in [9.17, 15) is 4.79 Å². The Balaban J connectivity index is 1.20. The molecule has 2 amide bonds. The van der Waals surface area contributed by atoms with Crippen molar-refractivity contribution >= 4 is 33.8 Å². The molecule has 6 heteroatoms. The van der Waals surface area contributed by atoms with E-state index in [0.717, 1.165) is 35.6 Å². The average Bonchev–Trinajstić information content (AvgIpc) is 3.22. The number of nitrogens with zero attached hydrogens (tertiary/aromatic N) is 3. The van der Waals surface area contributed by atoms with Crippen molar-refractivity contribution in [2.75, 3.05) is 31.1 Å². The number of carbonyl (C=O) groups is 1. The second-order valence-corrected chi connectivity index (χ2v) is 7.35. The lowest BCUT2D eigenvalue weighted by molar-refractivity contribution is 0.193. The van der Waals surface area contributed by atoms with E-state index >= 15 is 0 Å². The molecule has 1 saturated heterocycles. The molecule has 5 rings (SSSR count). The molecule has 0 unspecified atom stereocenters. The fourth-order valence-electron chi connectivity index (χ4n) is 3.94. The Morgan fingerprint density at radius 2 is 1.69 bits per heavy atom. The van der Waals surface area contributed by atoms with Crippen LogP contribution in [-0.4, -0.2) is 47.1 Å². The molecule has 3 aromatic carbocycles. The highest BCUT2D eigenvalue weighted by Crippen LogP contribution is 2.20. The van der Waals surface area contributed by atoms with E-state index in [1.807, 2.05) is 47.4 Å². The predicted molar refractivity (Wildman–Crippen MR) is 116 cm³/mol. The first-order valence-electron chi connectivity index (χ1n) is 9.97. The number of nitrogens with one attached hydrogen (secondary N) is 2. The number of amides is 2. The molecule has 1 aliphatic heterocycles. The van der Waals surface area contributed by atoms with Crippen molar-refractivity contribution < 1.29 is 4.79 Å². The van der Waals surface area contributed by atoms with E-state index in [1.54, 1.807) is 0 Å². The molecule has 4 aromatic rings. The molecular weight excluding hydrogens is 362 g/mol. The average molecular weight is 385 g/mol. The van der Waals surface area contributed by atoms with Crippen molar-refractivity contribution in [3.8, 4) is 0 Å². The fraction of sp³-hybridized carbons (Fsp3) is 0.217. The van der Waals surface area contributed by atoms with Gasteiger partial charge in [-0.15, -0.1) is 0 Å². The van der Waals surface area contributed by atoms with E-state index in [4.69, 9.17) is 0 Å². The van der Waals surface area contributed by atoms with Gasteiger partial charge in [0.1, 0.15) is 0 Å². The van der Waals surface area contributed by atoms with Gasteiger partial charge in [-0.05, 0) is 28.5 Å². The van der Waals surface area contributed by atoms with Crippen LogP contribution in [0, 0.1) is 0 Å². The molecule has 0 spiro atoms. The molecular formula is C23H23N5O. The maximum atomic E-state index is 12.7. The predicted octanol–water partition coefficient (Wildman–Crippen LogP) is 3.75. The molecule has 2 N–H and O–H groups in total. The molecule has 1 aromatic heterocycles. The minimum Gasteiger partial charge on any atom is -0.339 e. The Kier molecular flexibility index (Phi) is 4.52. The van der Waals surface area contributed by atoms with E-state index in [2.05, 4.69) is 44.5 Å². The van der Waals surface area contributed by atoms with Crippen molar-refractivity contribution in [1.82, 2.24) is 20.2 Å². The summed E-state index contributed by atoms with van der Waals surface area (Å²) < 4.78 is 0. The van der Waals surface area contributed by atoms with Crippen LogP contribution in [0.1, 0.15) is 5.56 Å². The van der Waals surface area contributed by atoms with Crippen molar-refractivity contribution in [2.24, 2.45) is 0 Å². The number of fused-ring (bicyclic) bond motifs is 2. The second kappa shape index (κ2) is 7.47. The first-order valence-corrected chi connectivity index (χ1v) is 9.97. The van der Waals surface area contributed by atoms with Crippen molar-refractivity contribution in [1.29, 1.82) is 0 Å². The van der Waals surface area contributed by atoms with Crippen molar-refractivity contribution in [3.05, 3.63) is 72.3 Å². The summed E-state index contributed by atoms with van der Waals surface area (Å²) in [4.78, 5) is 24.8. The Morgan fingerprint density at radius 1 is 0.931 bits per heavy atom. The highest BCUT2D eigenvalue weighted by molar-refractivity contribution is 5.86. The number of benzene rings is 3. The van der Waals surface area contributed by atoms with Crippen LogP contribution >= 0.6 is 0 Å². The van der Waals surface area contributed by atoms with Crippen LogP contribution in [0.3, 0.4) is 0 Å². The maximum Gasteiger partial charge on any atom is 0.317 e. The molecule has 0 saturated carbocycles. The molecule has 1 aliphatic rings. The van der Waals surface area contributed by atoms with Gasteiger partial charge in [0.15, 0.2) is 0 Å². The summed E-state index contributed by atoms with van der Waals surface area (Å²) in [7, 11) is 0. The molecule has 0 aliphatic carbocycles. The van der Waals surface area contributed by atoms with Crippen LogP contribution < -0.4 is 10.2 Å². The topological polar surface area (TPSA) is 64.3 Å². The van der Waals surface area contributed by atoms with Gasteiger partial charge in [0.25, 0.3) is 0 Å². The van der Waals surface area contributed by atoms with E-state index in [1.165, 1.54) is 10.8 Å². The number of hydrogen-bond donors (Lipinski definition) is 2. The smallest absolute Gasteiger partial charge is 0.317 e. The Labute approximate surface area is 169 Å². The molecule has 1 fully saturated rings. The lowest BCUT2D eigenvalue weighted by Crippen LogP contribution is -2.52. The standard InChI is InChI=1S/C23H23N5O/c29-23(24-16-18-8-5-7-17-6-1-2-9-19(17)18)28-14-12-27(13-15-28)22-25-20-10-3-4-11-21(20)26-22/h1-11H,12-16H2,(H,24,29)(H,25,26). The Morgan fingerprint density at radius 3 is 2.55 bits per heavy atom. The summed E-state index contributed by atoms with van der Waals surface area (Å²) in [5.74, 6) is 0.877. The number of aromatic nitrogens is 2. The fourth-order valence-corrected chi connectivity index (χ4v) is 3.94. The molecule has 0 atom stereocenters. The lowest BCUT2D eigenvalue weighted by atomic mass is 10.0. The first-order chi connectivity index (χ1) is 14.3. The summed E-state index contributed by atoms with van der Waals surface area (Å²) in [5, 5.41) is 5.46. The van der Waals surface area contributed by atoms with Crippen molar-refractivity contribution in [2.45, 2.75) is 6.54 Å². The van der Waals surface area contributed by atoms with Crippen molar-refractivity contribution in [3.63, 3.8) is 0 Å². The van der Waals surface area contributed by atoms with Crippen LogP contribution in [-0.2, 0) is 6.54 Å². The maximum absolute atomic E-state index is 12.7. The zero-order valence-corrected chi connectivity index (χ0v) is 16.1. The summed E-state index contributed by atoms with van der Waals surface area (Å²) in [6.45, 7) is 3.42. The SMILES string of the molecule is O=C(NCc1cccc2ccccc12)N1CCN(c2nc3ccccc3[nH]2)CC1. The minimum absolute atomic E-state index is 0.0119. The molecule has 0 radical (unpaired) electrons. The molecule has 29 heavy (non-hydrogen) atoms. The zero-order valence-electron chi connectivity index (χ0n) is 16.1. The Hall–Kier alpha value is -3.54. The third kappa shape index (κ3) is 3.49. The number of carbonyl (C=O) groups excluding carboxylic acids is 1. The van der Waals surface area contributed by atoms with Crippen LogP contribution in [0.5, 0.6) is 0 Å². The number of urea groups is 1. The summed E-state index contributed by atoms with van der Waals surface area (Å²) in [5.41, 5.74) is 3.15. The highest BCUT2D eigenvalue weighted by atomic mass is 16.2. The van der Waals surface area contributed by atoms with Gasteiger partial charge in [0.05, 0.1) is 11.0 Å². The van der Waals surface area contributed by atoms with Gasteiger partial charge >= 0.3 is 6.03 Å². The number of imidazole rings is 1. The van der Waals surface area contributed by atoms with Crippen LogP contribution in [0.15, 0.2) is 66.7 Å². The number of piperazine rings is 1. The third-order valence-electron chi connectivity index (χ3n) is 5.55. The normalized spacial score (nSPS) is 14.5. The molecule has 6 nitrogen and oxygen atoms in total. The van der Waals surface area contributed by atoms with Crippen LogP contribution in [0.4, 0.5) is 10.7 Å². The van der Waals surface area contributed by atoms with E-state index in [-0.39, 0.29) is 6.03 Å². The number of para-hydroxylation sites is 2. The number of aromatic amines is 1. The number of anilines is 1. The van der Waals surface area contributed by atoms with Gasteiger partial charge in [-0.3, -0.25) is 0 Å². The van der Waals surface area contributed by atoms with E-state index in [0.29, 0.717) is 19.6 Å². The van der Waals surface area contributed by atoms with Crippen LogP contribution in [0.2, 0.25) is 0 Å². The van der Waals surface area contributed by atoms with Gasteiger partial charge < -0.3 is 20.1 Å². The highest BCUT2D eigenvalue weighted by Gasteiger charge is 2.22. The number of H-pyrrole nitrogens is 1. The molecule has 2 heterocycles. The monoisotopic (exact) mass is 385 g/mol. The largest absolute Gasteiger partial charge is 0.339 e. The minimum atomic E-state index is -0.0119. The number of rotatable bonds is 3. The summed E-state index contributed by atoms with van der Waals surface area (Å²) in [6, 6.07) is 22.5. The zero-order chi connectivity index (χ0) is 19.6. The molecule has 0 bridgehead atoms. The van der Waals surface area contributed by atoms with Gasteiger partial charge in [-0.25, -0.2) is 9.78 Å². The number of hydrogen-bond acceptors (Lipinski definition) is 3. The van der Waals surface area contributed by atoms with Crippen LogP contribution in [0.25, 0.3) is 21.8 Å². The quantitative estimate of drug-likeness (QED) is 0.565. The first kappa shape index (κ1) is 17.6. The second-order valence-electron chi connectivity index (χ2n) is 7.35. The Bertz CT molecular complexity index is 1120. The summed E-state index contributed by atoms with van der Waals surface area (Å²) in [6.07, 6.45) is 0.